The topological polar surface area (TPSA) is 67.4 Å². The highest BCUT2D eigenvalue weighted by Crippen LogP contribution is 2.29. The van der Waals surface area contributed by atoms with E-state index in [9.17, 15) is 9.59 Å². The summed E-state index contributed by atoms with van der Waals surface area (Å²) in [6.45, 7) is 6.49. The molecule has 0 aliphatic carbocycles. The Hall–Kier alpha value is -3.60. The second-order valence-corrected chi connectivity index (χ2v) is 8.13. The Balaban J connectivity index is 1.63. The number of para-hydroxylation sites is 2. The number of hydrogen-bond donors (Lipinski definition) is 2. The summed E-state index contributed by atoms with van der Waals surface area (Å²) in [5, 5.41) is 5.79. The molecule has 5 nitrogen and oxygen atoms in total. The Labute approximate surface area is 196 Å². The van der Waals surface area contributed by atoms with Gasteiger partial charge in [-0.25, -0.2) is 0 Å². The van der Waals surface area contributed by atoms with E-state index >= 15 is 0 Å². The zero-order valence-electron chi connectivity index (χ0n) is 19.5. The number of amides is 2. The maximum atomic E-state index is 12.9. The van der Waals surface area contributed by atoms with Crippen LogP contribution in [0.3, 0.4) is 0 Å². The van der Waals surface area contributed by atoms with Crippen molar-refractivity contribution in [3.8, 4) is 5.75 Å². The van der Waals surface area contributed by atoms with Crippen LogP contribution in [-0.2, 0) is 11.2 Å². The van der Waals surface area contributed by atoms with Gasteiger partial charge in [-0.05, 0) is 55.0 Å². The molecule has 0 aromatic heterocycles. The van der Waals surface area contributed by atoms with Crippen LogP contribution in [0.5, 0.6) is 5.75 Å². The molecular weight excluding hydrogens is 412 g/mol. The van der Waals surface area contributed by atoms with Crippen molar-refractivity contribution in [2.75, 3.05) is 11.9 Å². The fourth-order valence-corrected chi connectivity index (χ4v) is 3.54. The summed E-state index contributed by atoms with van der Waals surface area (Å²) in [5.41, 5.74) is 3.12. The molecule has 3 aromatic carbocycles. The molecule has 0 aliphatic rings. The molecule has 0 fully saturated rings. The molecule has 0 aliphatic heterocycles. The van der Waals surface area contributed by atoms with E-state index in [1.54, 1.807) is 31.2 Å². The zero-order valence-corrected chi connectivity index (χ0v) is 19.5. The van der Waals surface area contributed by atoms with Gasteiger partial charge >= 0.3 is 0 Å². The van der Waals surface area contributed by atoms with E-state index in [0.717, 1.165) is 24.0 Å². The number of hydrogen-bond acceptors (Lipinski definition) is 3. The van der Waals surface area contributed by atoms with Gasteiger partial charge in [-0.15, -0.1) is 0 Å². The Morgan fingerprint density at radius 2 is 1.55 bits per heavy atom. The van der Waals surface area contributed by atoms with Crippen molar-refractivity contribution < 1.29 is 14.3 Å². The molecule has 2 atom stereocenters. The first-order valence-electron chi connectivity index (χ1n) is 11.5. The highest BCUT2D eigenvalue weighted by Gasteiger charge is 2.20. The summed E-state index contributed by atoms with van der Waals surface area (Å²) < 4.78 is 6.00. The van der Waals surface area contributed by atoms with Gasteiger partial charge in [0.15, 0.2) is 6.10 Å². The van der Waals surface area contributed by atoms with Gasteiger partial charge in [-0.2, -0.15) is 0 Å². The van der Waals surface area contributed by atoms with Crippen LogP contribution in [0.15, 0.2) is 78.9 Å². The summed E-state index contributed by atoms with van der Waals surface area (Å²) in [6, 6.07) is 24.8. The fraction of sp³-hybridized carbons (Fsp3) is 0.286. The van der Waals surface area contributed by atoms with Gasteiger partial charge in [-0.1, -0.05) is 74.5 Å². The van der Waals surface area contributed by atoms with E-state index in [-0.39, 0.29) is 11.8 Å². The van der Waals surface area contributed by atoms with Crippen molar-refractivity contribution in [2.45, 2.75) is 45.6 Å². The summed E-state index contributed by atoms with van der Waals surface area (Å²) in [7, 11) is 0. The molecule has 172 valence electrons. The van der Waals surface area contributed by atoms with Crippen molar-refractivity contribution in [2.24, 2.45) is 0 Å². The molecule has 0 spiro atoms. The highest BCUT2D eigenvalue weighted by molar-refractivity contribution is 6.04. The Morgan fingerprint density at radius 1 is 0.879 bits per heavy atom. The highest BCUT2D eigenvalue weighted by atomic mass is 16.5. The predicted molar refractivity (Wildman–Crippen MR) is 133 cm³/mol. The normalized spacial score (nSPS) is 12.5. The molecule has 3 aromatic rings. The average Bonchev–Trinajstić information content (AvgIpc) is 2.84. The number of anilines is 1. The number of ether oxygens (including phenoxy) is 1. The molecule has 0 bridgehead atoms. The van der Waals surface area contributed by atoms with E-state index in [1.165, 1.54) is 0 Å². The molecule has 2 amide bonds. The van der Waals surface area contributed by atoms with Gasteiger partial charge in [0.05, 0.1) is 11.3 Å². The van der Waals surface area contributed by atoms with Crippen LogP contribution in [0.2, 0.25) is 0 Å². The van der Waals surface area contributed by atoms with Crippen LogP contribution < -0.4 is 15.4 Å². The first-order valence-corrected chi connectivity index (χ1v) is 11.5. The lowest BCUT2D eigenvalue weighted by atomic mass is 9.98. The lowest BCUT2D eigenvalue weighted by Crippen LogP contribution is -2.32. The predicted octanol–water partition coefficient (Wildman–Crippen LogP) is 5.58. The van der Waals surface area contributed by atoms with Crippen molar-refractivity contribution >= 4 is 17.5 Å². The Morgan fingerprint density at radius 3 is 2.30 bits per heavy atom. The summed E-state index contributed by atoms with van der Waals surface area (Å²) >= 11 is 0. The molecule has 0 saturated heterocycles. The lowest BCUT2D eigenvalue weighted by Gasteiger charge is -2.20. The second-order valence-electron chi connectivity index (χ2n) is 8.13. The molecule has 33 heavy (non-hydrogen) atoms. The smallest absolute Gasteiger partial charge is 0.265 e. The van der Waals surface area contributed by atoms with Crippen LogP contribution in [-0.4, -0.2) is 24.5 Å². The van der Waals surface area contributed by atoms with E-state index in [4.69, 9.17) is 4.74 Å². The minimum Gasteiger partial charge on any atom is -0.481 e. The Bertz CT molecular complexity index is 1070. The molecule has 5 heteroatoms. The molecule has 2 unspecified atom stereocenters. The molecular formula is C28H32N2O3. The third kappa shape index (κ3) is 6.69. The number of carbonyl (C=O) groups is 2. The molecule has 3 rings (SSSR count). The van der Waals surface area contributed by atoms with E-state index in [1.807, 2.05) is 54.6 Å². The first kappa shape index (κ1) is 24.1. The Kier molecular flexibility index (Phi) is 8.64. The quantitative estimate of drug-likeness (QED) is 0.429. The van der Waals surface area contributed by atoms with Crippen LogP contribution in [0.25, 0.3) is 0 Å². The first-order chi connectivity index (χ1) is 16.0. The van der Waals surface area contributed by atoms with Crippen molar-refractivity contribution in [1.29, 1.82) is 0 Å². The lowest BCUT2D eigenvalue weighted by molar-refractivity contribution is -0.122. The second kappa shape index (κ2) is 11.9. The van der Waals surface area contributed by atoms with Crippen LogP contribution >= 0.6 is 0 Å². The van der Waals surface area contributed by atoms with Crippen molar-refractivity contribution in [3.63, 3.8) is 0 Å². The molecule has 2 N–H and O–H groups in total. The van der Waals surface area contributed by atoms with Gasteiger partial charge in [-0.3, -0.25) is 9.59 Å². The van der Waals surface area contributed by atoms with Gasteiger partial charge < -0.3 is 15.4 Å². The zero-order chi connectivity index (χ0) is 23.6. The number of carbonyl (C=O) groups excluding carboxylic acids is 2. The SMILES string of the molecule is CCC(C)c1ccccc1OC(C)C(=O)Nc1ccccc1C(=O)NCCc1ccccc1. The molecule has 0 radical (unpaired) electrons. The third-order valence-electron chi connectivity index (χ3n) is 5.71. The fourth-order valence-electron chi connectivity index (χ4n) is 3.54. The summed E-state index contributed by atoms with van der Waals surface area (Å²) in [5.74, 6) is 0.509. The van der Waals surface area contributed by atoms with E-state index < -0.39 is 6.10 Å². The molecule has 0 saturated carbocycles. The van der Waals surface area contributed by atoms with E-state index in [0.29, 0.717) is 29.5 Å². The largest absolute Gasteiger partial charge is 0.481 e. The van der Waals surface area contributed by atoms with E-state index in [2.05, 4.69) is 24.5 Å². The number of nitrogens with one attached hydrogen (secondary N) is 2. The molecule has 0 heterocycles. The van der Waals surface area contributed by atoms with Crippen LogP contribution in [0, 0.1) is 0 Å². The van der Waals surface area contributed by atoms with Crippen molar-refractivity contribution in [1.82, 2.24) is 5.32 Å². The minimum absolute atomic E-state index is 0.225. The number of rotatable bonds is 10. The standard InChI is InChI=1S/C28H32N2O3/c1-4-20(2)23-14-9-11-17-26(23)33-21(3)27(31)30-25-16-10-8-15-24(25)28(32)29-19-18-22-12-6-5-7-13-22/h5-17,20-21H,4,18-19H2,1-3H3,(H,29,32)(H,30,31). The average molecular weight is 445 g/mol. The minimum atomic E-state index is -0.718. The van der Waals surface area contributed by atoms with Gasteiger partial charge in [0, 0.05) is 6.54 Å². The monoisotopic (exact) mass is 444 g/mol. The van der Waals surface area contributed by atoms with Crippen LogP contribution in [0.4, 0.5) is 5.69 Å². The maximum Gasteiger partial charge on any atom is 0.265 e. The van der Waals surface area contributed by atoms with Gasteiger partial charge in [0.2, 0.25) is 0 Å². The maximum absolute atomic E-state index is 12.9. The van der Waals surface area contributed by atoms with Gasteiger partial charge in [0.1, 0.15) is 5.75 Å². The number of benzene rings is 3. The van der Waals surface area contributed by atoms with Crippen molar-refractivity contribution in [3.05, 3.63) is 95.6 Å². The third-order valence-corrected chi connectivity index (χ3v) is 5.71. The summed E-state index contributed by atoms with van der Waals surface area (Å²) in [6.07, 6.45) is 0.999. The van der Waals surface area contributed by atoms with Gasteiger partial charge in [0.25, 0.3) is 11.8 Å². The summed E-state index contributed by atoms with van der Waals surface area (Å²) in [4.78, 5) is 25.6. The van der Waals surface area contributed by atoms with Crippen LogP contribution in [0.1, 0.15) is 54.6 Å².